The van der Waals surface area contributed by atoms with Crippen molar-refractivity contribution in [2.24, 2.45) is 16.8 Å². The average Bonchev–Trinajstić information content (AvgIpc) is 3.12. The fourth-order valence-electron chi connectivity index (χ4n) is 3.41. The molecule has 3 unspecified atom stereocenters. The second-order valence-electron chi connectivity index (χ2n) is 7.70. The Morgan fingerprint density at radius 2 is 2.04 bits per heavy atom. The number of likely N-dealkylation sites (N-methyl/N-ethyl adjacent to an activating group) is 1. The number of aliphatic imine (C=N–C) groups is 1. The lowest BCUT2D eigenvalue weighted by Crippen LogP contribution is -2.50. The standard InChI is InChI=1S/C17H32N4O2/c1-17(2,23-5)11-19-16(18-10-15(22)21(3)4)20-14-9-12-6-7-13(14)8-12/h12-14H,6-11H2,1-5H3,(H2,18,19,20). The molecule has 0 heterocycles. The van der Waals surface area contributed by atoms with Crippen LogP contribution in [0.15, 0.2) is 4.99 Å². The van der Waals surface area contributed by atoms with Crippen molar-refractivity contribution in [1.29, 1.82) is 0 Å². The summed E-state index contributed by atoms with van der Waals surface area (Å²) in [6.45, 7) is 4.86. The lowest BCUT2D eigenvalue weighted by molar-refractivity contribution is -0.127. The zero-order chi connectivity index (χ0) is 17.0. The fourth-order valence-corrected chi connectivity index (χ4v) is 3.41. The van der Waals surface area contributed by atoms with Crippen LogP contribution < -0.4 is 10.6 Å². The van der Waals surface area contributed by atoms with E-state index in [9.17, 15) is 4.79 Å². The molecule has 0 spiro atoms. The maximum absolute atomic E-state index is 11.8. The first-order valence-corrected chi connectivity index (χ1v) is 8.61. The molecule has 0 aromatic carbocycles. The number of hydrogen-bond donors (Lipinski definition) is 2. The third-order valence-electron chi connectivity index (χ3n) is 5.17. The van der Waals surface area contributed by atoms with Crippen molar-refractivity contribution in [2.45, 2.75) is 51.2 Å². The molecule has 2 rings (SSSR count). The van der Waals surface area contributed by atoms with Gasteiger partial charge < -0.3 is 20.3 Å². The van der Waals surface area contributed by atoms with Gasteiger partial charge in [0, 0.05) is 33.8 Å². The summed E-state index contributed by atoms with van der Waals surface area (Å²) >= 11 is 0. The number of ether oxygens (including phenoxy) is 1. The zero-order valence-corrected chi connectivity index (χ0v) is 15.2. The van der Waals surface area contributed by atoms with Gasteiger partial charge in [-0.25, -0.2) is 4.99 Å². The van der Waals surface area contributed by atoms with E-state index in [1.54, 1.807) is 26.1 Å². The maximum atomic E-state index is 11.8. The SMILES string of the molecule is COC(C)(C)CNC(=NCC(=O)N(C)C)NC1CC2CCC1C2. The van der Waals surface area contributed by atoms with E-state index in [4.69, 9.17) is 4.74 Å². The average molecular weight is 324 g/mol. The highest BCUT2D eigenvalue weighted by Crippen LogP contribution is 2.44. The van der Waals surface area contributed by atoms with Crippen LogP contribution in [0.4, 0.5) is 0 Å². The molecule has 2 saturated carbocycles. The highest BCUT2D eigenvalue weighted by Gasteiger charge is 2.39. The number of carbonyl (C=O) groups excluding carboxylic acids is 1. The summed E-state index contributed by atoms with van der Waals surface area (Å²) in [5.74, 6) is 2.36. The van der Waals surface area contributed by atoms with Gasteiger partial charge in [-0.1, -0.05) is 6.42 Å². The lowest BCUT2D eigenvalue weighted by Gasteiger charge is -2.28. The predicted molar refractivity (Wildman–Crippen MR) is 92.5 cm³/mol. The molecule has 23 heavy (non-hydrogen) atoms. The summed E-state index contributed by atoms with van der Waals surface area (Å²) in [6.07, 6.45) is 5.25. The van der Waals surface area contributed by atoms with Crippen molar-refractivity contribution in [2.75, 3.05) is 34.3 Å². The molecule has 6 nitrogen and oxygen atoms in total. The second kappa shape index (κ2) is 7.51. The molecular formula is C17H32N4O2. The summed E-state index contributed by atoms with van der Waals surface area (Å²) in [7, 11) is 5.21. The Labute approximate surface area is 140 Å². The van der Waals surface area contributed by atoms with E-state index in [1.807, 2.05) is 13.8 Å². The number of rotatable bonds is 6. The summed E-state index contributed by atoms with van der Waals surface area (Å²) in [5, 5.41) is 6.89. The molecular weight excluding hydrogens is 292 g/mol. The summed E-state index contributed by atoms with van der Waals surface area (Å²) in [5.41, 5.74) is -0.275. The van der Waals surface area contributed by atoms with Crippen LogP contribution in [0, 0.1) is 11.8 Å². The molecule has 0 radical (unpaired) electrons. The normalized spacial score (nSPS) is 27.2. The van der Waals surface area contributed by atoms with Gasteiger partial charge in [0.15, 0.2) is 5.96 Å². The van der Waals surface area contributed by atoms with E-state index >= 15 is 0 Å². The van der Waals surface area contributed by atoms with Gasteiger partial charge in [-0.2, -0.15) is 0 Å². The minimum Gasteiger partial charge on any atom is -0.377 e. The van der Waals surface area contributed by atoms with Crippen LogP contribution in [0.25, 0.3) is 0 Å². The highest BCUT2D eigenvalue weighted by molar-refractivity contribution is 5.85. The van der Waals surface area contributed by atoms with Gasteiger partial charge in [-0.05, 0) is 44.9 Å². The molecule has 132 valence electrons. The summed E-state index contributed by atoms with van der Waals surface area (Å²) in [4.78, 5) is 17.9. The Balaban J connectivity index is 1.95. The van der Waals surface area contributed by atoms with Crippen LogP contribution in [0.2, 0.25) is 0 Å². The molecule has 2 N–H and O–H groups in total. The summed E-state index contributed by atoms with van der Waals surface area (Å²) in [6, 6.07) is 0.486. The molecule has 2 aliphatic carbocycles. The van der Waals surface area contributed by atoms with Crippen LogP contribution in [-0.4, -0.2) is 62.7 Å². The van der Waals surface area contributed by atoms with Gasteiger partial charge in [0.1, 0.15) is 6.54 Å². The number of methoxy groups -OCH3 is 1. The van der Waals surface area contributed by atoms with Crippen molar-refractivity contribution in [3.8, 4) is 0 Å². The third-order valence-corrected chi connectivity index (χ3v) is 5.17. The van der Waals surface area contributed by atoms with Gasteiger partial charge >= 0.3 is 0 Å². The van der Waals surface area contributed by atoms with E-state index in [0.717, 1.165) is 17.8 Å². The largest absolute Gasteiger partial charge is 0.377 e. The molecule has 1 amide bonds. The van der Waals surface area contributed by atoms with Crippen molar-refractivity contribution in [3.63, 3.8) is 0 Å². The molecule has 2 bridgehead atoms. The molecule has 0 saturated heterocycles. The number of amides is 1. The van der Waals surface area contributed by atoms with Crippen molar-refractivity contribution in [3.05, 3.63) is 0 Å². The van der Waals surface area contributed by atoms with Gasteiger partial charge in [-0.15, -0.1) is 0 Å². The number of nitrogens with zero attached hydrogens (tertiary/aromatic N) is 2. The van der Waals surface area contributed by atoms with Crippen LogP contribution in [0.1, 0.15) is 39.5 Å². The number of guanidine groups is 1. The summed E-state index contributed by atoms with van der Waals surface area (Å²) < 4.78 is 5.45. The van der Waals surface area contributed by atoms with E-state index < -0.39 is 0 Å². The van der Waals surface area contributed by atoms with Crippen molar-refractivity contribution >= 4 is 11.9 Å². The molecule has 3 atom stereocenters. The van der Waals surface area contributed by atoms with Crippen LogP contribution in [-0.2, 0) is 9.53 Å². The Morgan fingerprint density at radius 1 is 1.30 bits per heavy atom. The van der Waals surface area contributed by atoms with Gasteiger partial charge in [0.05, 0.1) is 5.60 Å². The molecule has 0 aromatic heterocycles. The first kappa shape index (κ1) is 18.0. The van der Waals surface area contributed by atoms with Gasteiger partial charge in [-0.3, -0.25) is 4.79 Å². The van der Waals surface area contributed by atoms with E-state index in [1.165, 1.54) is 25.7 Å². The van der Waals surface area contributed by atoms with Gasteiger partial charge in [0.2, 0.25) is 5.91 Å². The number of carbonyl (C=O) groups is 1. The van der Waals surface area contributed by atoms with Gasteiger partial charge in [0.25, 0.3) is 0 Å². The Bertz CT molecular complexity index is 448. The highest BCUT2D eigenvalue weighted by atomic mass is 16.5. The third kappa shape index (κ3) is 5.09. The lowest BCUT2D eigenvalue weighted by atomic mass is 9.95. The van der Waals surface area contributed by atoms with E-state index in [0.29, 0.717) is 12.6 Å². The number of fused-ring (bicyclic) bond motifs is 2. The maximum Gasteiger partial charge on any atom is 0.243 e. The minimum atomic E-state index is -0.275. The van der Waals surface area contributed by atoms with Crippen LogP contribution >= 0.6 is 0 Å². The van der Waals surface area contributed by atoms with Crippen molar-refractivity contribution < 1.29 is 9.53 Å². The van der Waals surface area contributed by atoms with Crippen LogP contribution in [0.5, 0.6) is 0 Å². The number of nitrogens with one attached hydrogen (secondary N) is 2. The fraction of sp³-hybridized carbons (Fsp3) is 0.882. The minimum absolute atomic E-state index is 0.00467. The quantitative estimate of drug-likeness (QED) is 0.570. The van der Waals surface area contributed by atoms with E-state index in [-0.39, 0.29) is 18.1 Å². The molecule has 0 aromatic rings. The Hall–Kier alpha value is -1.30. The predicted octanol–water partition coefficient (Wildman–Crippen LogP) is 1.22. The van der Waals surface area contributed by atoms with E-state index in [2.05, 4.69) is 15.6 Å². The van der Waals surface area contributed by atoms with Crippen molar-refractivity contribution in [1.82, 2.24) is 15.5 Å². The van der Waals surface area contributed by atoms with Crippen LogP contribution in [0.3, 0.4) is 0 Å². The molecule has 0 aliphatic heterocycles. The molecule has 2 aliphatic rings. The second-order valence-corrected chi connectivity index (χ2v) is 7.70. The number of hydrogen-bond acceptors (Lipinski definition) is 3. The topological polar surface area (TPSA) is 66.0 Å². The molecule has 6 heteroatoms. The first-order valence-electron chi connectivity index (χ1n) is 8.61. The smallest absolute Gasteiger partial charge is 0.243 e. The zero-order valence-electron chi connectivity index (χ0n) is 15.2. The molecule has 2 fully saturated rings. The monoisotopic (exact) mass is 324 g/mol. The first-order chi connectivity index (χ1) is 10.8. The Kier molecular flexibility index (Phi) is 5.89. The Morgan fingerprint density at radius 3 is 2.57 bits per heavy atom.